The Labute approximate surface area is 176 Å². The van der Waals surface area contributed by atoms with Crippen LogP contribution in [0.15, 0.2) is 61.2 Å². The Morgan fingerprint density at radius 2 is 1.73 bits per heavy atom. The van der Waals surface area contributed by atoms with Crippen molar-refractivity contribution in [3.8, 4) is 11.1 Å². The first kappa shape index (κ1) is 21.6. The van der Waals surface area contributed by atoms with Crippen LogP contribution < -0.4 is 5.32 Å². The second-order valence-electron chi connectivity index (χ2n) is 7.25. The number of hydrogen-bond donors (Lipinski definition) is 2. The molecule has 1 aliphatic rings. The van der Waals surface area contributed by atoms with Gasteiger partial charge in [-0.1, -0.05) is 54.6 Å². The second-order valence-corrected chi connectivity index (χ2v) is 7.25. The van der Waals surface area contributed by atoms with Crippen LogP contribution in [-0.2, 0) is 14.3 Å². The number of carbonyl (C=O) groups is 2. The van der Waals surface area contributed by atoms with Gasteiger partial charge in [-0.2, -0.15) is 0 Å². The summed E-state index contributed by atoms with van der Waals surface area (Å²) in [6.45, 7) is 4.68. The van der Waals surface area contributed by atoms with Gasteiger partial charge < -0.3 is 19.9 Å². The average molecular weight is 409 g/mol. The van der Waals surface area contributed by atoms with Crippen molar-refractivity contribution < 1.29 is 24.2 Å². The zero-order chi connectivity index (χ0) is 21.3. The van der Waals surface area contributed by atoms with E-state index in [-0.39, 0.29) is 19.1 Å². The minimum atomic E-state index is -0.947. The Bertz CT molecular complexity index is 849. The molecule has 158 valence electrons. The molecule has 1 aliphatic carbocycles. The van der Waals surface area contributed by atoms with E-state index in [1.807, 2.05) is 24.3 Å². The van der Waals surface area contributed by atoms with Crippen molar-refractivity contribution in [3.05, 3.63) is 72.3 Å². The molecule has 0 saturated heterocycles. The average Bonchev–Trinajstić information content (AvgIpc) is 3.07. The van der Waals surface area contributed by atoms with Crippen LogP contribution in [-0.4, -0.2) is 43.5 Å². The van der Waals surface area contributed by atoms with E-state index < -0.39 is 18.0 Å². The molecule has 0 radical (unpaired) electrons. The smallest absolute Gasteiger partial charge is 0.407 e. The number of benzene rings is 2. The highest BCUT2D eigenvalue weighted by Crippen LogP contribution is 2.44. The molecular formula is C24H27NO5. The Kier molecular flexibility index (Phi) is 7.63. The summed E-state index contributed by atoms with van der Waals surface area (Å²) in [6.07, 6.45) is 2.05. The van der Waals surface area contributed by atoms with Crippen LogP contribution in [0.25, 0.3) is 11.1 Å². The molecule has 0 spiro atoms. The second kappa shape index (κ2) is 10.6. The maximum Gasteiger partial charge on any atom is 0.407 e. The fourth-order valence-corrected chi connectivity index (χ4v) is 3.77. The van der Waals surface area contributed by atoms with E-state index in [1.54, 1.807) is 6.08 Å². The molecule has 1 atom stereocenters. The Hall–Kier alpha value is -3.12. The van der Waals surface area contributed by atoms with Gasteiger partial charge in [0.2, 0.25) is 0 Å². The van der Waals surface area contributed by atoms with Gasteiger partial charge in [-0.15, -0.1) is 6.58 Å². The van der Waals surface area contributed by atoms with Crippen LogP contribution in [0.5, 0.6) is 0 Å². The fourth-order valence-electron chi connectivity index (χ4n) is 3.77. The predicted octanol–water partition coefficient (Wildman–Crippen LogP) is 4.21. The molecule has 0 aliphatic heterocycles. The van der Waals surface area contributed by atoms with E-state index in [0.717, 1.165) is 22.3 Å². The minimum Gasteiger partial charge on any atom is -0.481 e. The molecule has 0 saturated carbocycles. The summed E-state index contributed by atoms with van der Waals surface area (Å²) in [5.41, 5.74) is 4.59. The number of rotatable bonds is 11. The molecule has 2 aromatic carbocycles. The van der Waals surface area contributed by atoms with E-state index in [9.17, 15) is 14.7 Å². The maximum absolute atomic E-state index is 12.2. The lowest BCUT2D eigenvalue weighted by Gasteiger charge is -2.16. The van der Waals surface area contributed by atoms with Gasteiger partial charge in [0.25, 0.3) is 0 Å². The van der Waals surface area contributed by atoms with Crippen molar-refractivity contribution in [2.45, 2.75) is 18.8 Å². The van der Waals surface area contributed by atoms with Gasteiger partial charge in [0.05, 0.1) is 12.5 Å². The maximum atomic E-state index is 12.2. The number of nitrogens with one attached hydrogen (secondary N) is 1. The van der Waals surface area contributed by atoms with Crippen molar-refractivity contribution in [2.24, 2.45) is 5.92 Å². The van der Waals surface area contributed by atoms with Crippen molar-refractivity contribution in [1.29, 1.82) is 0 Å². The highest BCUT2D eigenvalue weighted by molar-refractivity contribution is 5.79. The van der Waals surface area contributed by atoms with Crippen LogP contribution in [0.2, 0.25) is 0 Å². The summed E-state index contributed by atoms with van der Waals surface area (Å²) in [5, 5.41) is 11.9. The van der Waals surface area contributed by atoms with Crippen molar-refractivity contribution in [3.63, 3.8) is 0 Å². The molecule has 3 rings (SSSR count). The molecule has 0 fully saturated rings. The zero-order valence-electron chi connectivity index (χ0n) is 16.9. The first-order chi connectivity index (χ1) is 14.6. The summed E-state index contributed by atoms with van der Waals surface area (Å²) in [7, 11) is 0. The molecular weight excluding hydrogens is 382 g/mol. The third-order valence-corrected chi connectivity index (χ3v) is 5.26. The summed E-state index contributed by atoms with van der Waals surface area (Å²) in [6, 6.07) is 16.2. The molecule has 1 amide bonds. The summed E-state index contributed by atoms with van der Waals surface area (Å²) < 4.78 is 10.7. The highest BCUT2D eigenvalue weighted by Gasteiger charge is 2.29. The van der Waals surface area contributed by atoms with Crippen LogP contribution in [0.1, 0.15) is 29.9 Å². The lowest BCUT2D eigenvalue weighted by atomic mass is 9.98. The molecule has 0 bridgehead atoms. The van der Waals surface area contributed by atoms with Gasteiger partial charge in [-0.25, -0.2) is 4.79 Å². The SMILES string of the molecule is C=CCOCCC[C@@H](CNC(=O)OCC1c2ccccc2-c2ccccc21)C(=O)O. The summed E-state index contributed by atoms with van der Waals surface area (Å²) >= 11 is 0. The summed E-state index contributed by atoms with van der Waals surface area (Å²) in [4.78, 5) is 23.6. The number of aliphatic carboxylic acids is 1. The Balaban J connectivity index is 1.51. The van der Waals surface area contributed by atoms with E-state index in [2.05, 4.69) is 36.2 Å². The van der Waals surface area contributed by atoms with Gasteiger partial charge in [0.1, 0.15) is 6.61 Å². The first-order valence-electron chi connectivity index (χ1n) is 10.1. The number of carboxylic acids is 1. The third kappa shape index (κ3) is 5.27. The number of fused-ring (bicyclic) bond motifs is 3. The van der Waals surface area contributed by atoms with Crippen LogP contribution in [0, 0.1) is 5.92 Å². The van der Waals surface area contributed by atoms with Crippen LogP contribution in [0.3, 0.4) is 0 Å². The van der Waals surface area contributed by atoms with Crippen molar-refractivity contribution in [1.82, 2.24) is 5.32 Å². The number of carbonyl (C=O) groups excluding carboxylic acids is 1. The normalized spacial score (nSPS) is 13.2. The van der Waals surface area contributed by atoms with Gasteiger partial charge in [0, 0.05) is 19.1 Å². The number of carboxylic acid groups (broad SMARTS) is 1. The molecule has 0 unspecified atom stereocenters. The largest absolute Gasteiger partial charge is 0.481 e. The number of alkyl carbamates (subject to hydrolysis) is 1. The number of amides is 1. The van der Waals surface area contributed by atoms with Crippen molar-refractivity contribution >= 4 is 12.1 Å². The monoisotopic (exact) mass is 409 g/mol. The summed E-state index contributed by atoms with van der Waals surface area (Å²) in [5.74, 6) is -1.66. The molecule has 2 N–H and O–H groups in total. The first-order valence-corrected chi connectivity index (χ1v) is 10.1. The van der Waals surface area contributed by atoms with Crippen LogP contribution in [0.4, 0.5) is 4.79 Å². The van der Waals surface area contributed by atoms with E-state index in [1.165, 1.54) is 0 Å². The Morgan fingerprint density at radius 1 is 1.10 bits per heavy atom. The van der Waals surface area contributed by atoms with E-state index in [4.69, 9.17) is 9.47 Å². The molecule has 6 heteroatoms. The lowest BCUT2D eigenvalue weighted by molar-refractivity contribution is -0.141. The lowest BCUT2D eigenvalue weighted by Crippen LogP contribution is -2.34. The quantitative estimate of drug-likeness (QED) is 0.429. The van der Waals surface area contributed by atoms with Gasteiger partial charge >= 0.3 is 12.1 Å². The predicted molar refractivity (Wildman–Crippen MR) is 114 cm³/mol. The highest BCUT2D eigenvalue weighted by atomic mass is 16.5. The van der Waals surface area contributed by atoms with Crippen molar-refractivity contribution in [2.75, 3.05) is 26.4 Å². The number of hydrogen-bond acceptors (Lipinski definition) is 4. The molecule has 0 aromatic heterocycles. The van der Waals surface area contributed by atoms with Gasteiger partial charge in [0.15, 0.2) is 0 Å². The van der Waals surface area contributed by atoms with Gasteiger partial charge in [-0.3, -0.25) is 4.79 Å². The Morgan fingerprint density at radius 3 is 2.33 bits per heavy atom. The van der Waals surface area contributed by atoms with Gasteiger partial charge in [-0.05, 0) is 35.1 Å². The molecule has 2 aromatic rings. The standard InChI is InChI=1S/C24H27NO5/c1-2-13-29-14-7-8-17(23(26)27)15-25-24(28)30-16-22-20-11-5-3-9-18(20)19-10-4-6-12-21(19)22/h2-6,9-12,17,22H,1,7-8,13-16H2,(H,25,28)(H,26,27)/t17-/m0/s1. The molecule has 30 heavy (non-hydrogen) atoms. The van der Waals surface area contributed by atoms with Crippen LogP contribution >= 0.6 is 0 Å². The van der Waals surface area contributed by atoms with E-state index >= 15 is 0 Å². The zero-order valence-corrected chi connectivity index (χ0v) is 16.9. The molecule has 6 nitrogen and oxygen atoms in total. The molecule has 0 heterocycles. The number of ether oxygens (including phenoxy) is 2. The van der Waals surface area contributed by atoms with E-state index in [0.29, 0.717) is 26.1 Å². The third-order valence-electron chi connectivity index (χ3n) is 5.26. The fraction of sp³-hybridized carbons (Fsp3) is 0.333. The topological polar surface area (TPSA) is 84.9 Å². The minimum absolute atomic E-state index is 0.0213.